The molecule has 0 aromatic heterocycles. The Hall–Kier alpha value is -2.14. The molecule has 2 fully saturated rings. The highest BCUT2D eigenvalue weighted by Gasteiger charge is 2.67. The first-order chi connectivity index (χ1) is 11.6. The molecule has 0 unspecified atom stereocenters. The zero-order valence-electron chi connectivity index (χ0n) is 13.9. The van der Waals surface area contributed by atoms with Gasteiger partial charge in [-0.1, -0.05) is 37.3 Å². The van der Waals surface area contributed by atoms with E-state index >= 15 is 0 Å². The van der Waals surface area contributed by atoms with E-state index in [-0.39, 0.29) is 18.0 Å². The molecule has 5 heteroatoms. The highest BCUT2D eigenvalue weighted by molar-refractivity contribution is 6.03. The highest BCUT2D eigenvalue weighted by atomic mass is 16.6. The fourth-order valence-corrected chi connectivity index (χ4v) is 4.28. The van der Waals surface area contributed by atoms with E-state index in [1.54, 1.807) is 11.8 Å². The van der Waals surface area contributed by atoms with Gasteiger partial charge in [0.1, 0.15) is 11.5 Å². The lowest BCUT2D eigenvalue weighted by Crippen LogP contribution is -2.40. The number of amides is 1. The lowest BCUT2D eigenvalue weighted by molar-refractivity contribution is -0.151. The Morgan fingerprint density at radius 1 is 1.38 bits per heavy atom. The number of aryl methyl sites for hydroxylation is 1. The quantitative estimate of drug-likeness (QED) is 0.628. The third-order valence-electron chi connectivity index (χ3n) is 5.32. The van der Waals surface area contributed by atoms with Gasteiger partial charge in [-0.05, 0) is 25.0 Å². The summed E-state index contributed by atoms with van der Waals surface area (Å²) in [5, 5.41) is 0. The van der Waals surface area contributed by atoms with E-state index in [4.69, 9.17) is 9.47 Å². The molecule has 0 radical (unpaired) electrons. The van der Waals surface area contributed by atoms with Crippen molar-refractivity contribution in [3.63, 3.8) is 0 Å². The largest absolute Gasteiger partial charge is 0.466 e. The molecular formula is C19H21NO4. The number of rotatable bonds is 4. The van der Waals surface area contributed by atoms with Crippen LogP contribution < -0.4 is 4.90 Å². The maximum Gasteiger partial charge on any atom is 0.312 e. The molecule has 0 aliphatic carbocycles. The van der Waals surface area contributed by atoms with Crippen LogP contribution in [0.3, 0.4) is 0 Å². The van der Waals surface area contributed by atoms with Crippen molar-refractivity contribution in [2.45, 2.75) is 32.0 Å². The number of esters is 1. The van der Waals surface area contributed by atoms with E-state index in [9.17, 15) is 9.59 Å². The molecular weight excluding hydrogens is 306 g/mol. The van der Waals surface area contributed by atoms with Crippen LogP contribution in [-0.4, -0.2) is 36.7 Å². The average Bonchev–Trinajstić information content (AvgIpc) is 3.23. The Bertz CT molecular complexity index is 728. The first-order valence-electron chi connectivity index (χ1n) is 8.54. The minimum Gasteiger partial charge on any atom is -0.466 e. The molecule has 1 amide bonds. The zero-order chi connectivity index (χ0) is 16.9. The van der Waals surface area contributed by atoms with Gasteiger partial charge in [0.15, 0.2) is 0 Å². The van der Waals surface area contributed by atoms with Gasteiger partial charge in [-0.2, -0.15) is 0 Å². The van der Waals surface area contributed by atoms with Crippen molar-refractivity contribution >= 4 is 17.6 Å². The molecule has 2 saturated heterocycles. The molecule has 2 bridgehead atoms. The van der Waals surface area contributed by atoms with Gasteiger partial charge in [0, 0.05) is 5.69 Å². The van der Waals surface area contributed by atoms with Gasteiger partial charge in [-0.15, -0.1) is 0 Å². The maximum atomic E-state index is 13.2. The number of nitrogens with zero attached hydrogens (tertiary/aromatic N) is 1. The fourth-order valence-electron chi connectivity index (χ4n) is 4.28. The Kier molecular flexibility index (Phi) is 3.49. The van der Waals surface area contributed by atoms with E-state index < -0.39 is 17.4 Å². The summed E-state index contributed by atoms with van der Waals surface area (Å²) < 4.78 is 11.3. The number of para-hydroxylation sites is 1. The van der Waals surface area contributed by atoms with Crippen LogP contribution in [0.15, 0.2) is 36.4 Å². The van der Waals surface area contributed by atoms with E-state index in [0.29, 0.717) is 13.2 Å². The molecule has 0 saturated carbocycles. The van der Waals surface area contributed by atoms with E-state index in [0.717, 1.165) is 17.7 Å². The van der Waals surface area contributed by atoms with Crippen molar-refractivity contribution in [1.82, 2.24) is 0 Å². The number of hydrogen-bond donors (Lipinski definition) is 0. The molecule has 0 N–H and O–H groups in total. The van der Waals surface area contributed by atoms with Crippen LogP contribution in [0.1, 0.15) is 19.4 Å². The third-order valence-corrected chi connectivity index (χ3v) is 5.32. The second-order valence-electron chi connectivity index (χ2n) is 6.56. The summed E-state index contributed by atoms with van der Waals surface area (Å²) in [5.41, 5.74) is 1.34. The summed E-state index contributed by atoms with van der Waals surface area (Å²) in [6.45, 7) is 4.61. The second-order valence-corrected chi connectivity index (χ2v) is 6.56. The van der Waals surface area contributed by atoms with Crippen molar-refractivity contribution < 1.29 is 19.1 Å². The number of carbonyl (C=O) groups is 2. The normalized spacial score (nSPS) is 33.2. The van der Waals surface area contributed by atoms with Gasteiger partial charge >= 0.3 is 5.97 Å². The summed E-state index contributed by atoms with van der Waals surface area (Å²) >= 11 is 0. The third kappa shape index (κ3) is 1.97. The molecule has 1 spiro atoms. The van der Waals surface area contributed by atoms with Crippen LogP contribution >= 0.6 is 0 Å². The van der Waals surface area contributed by atoms with Gasteiger partial charge in [-0.25, -0.2) is 0 Å². The van der Waals surface area contributed by atoms with Gasteiger partial charge in [0.2, 0.25) is 5.91 Å². The predicted octanol–water partition coefficient (Wildman–Crippen LogP) is 2.10. The summed E-state index contributed by atoms with van der Waals surface area (Å²) in [6.07, 6.45) is 4.37. The highest BCUT2D eigenvalue weighted by Crippen LogP contribution is 2.53. The van der Waals surface area contributed by atoms with Crippen LogP contribution in [0, 0.1) is 11.8 Å². The standard InChI is InChI=1S/C19H21NO4/c1-3-12-7-5-6-8-13(12)20-11-19-10-9-14(24-19)15(16(19)17(20)21)18(22)23-4-2/h5-10,14-16H,3-4,11H2,1-2H3/t14-,15+,16-,19+/m0/s1. The van der Waals surface area contributed by atoms with Crippen LogP contribution in [0.4, 0.5) is 5.69 Å². The SMILES string of the molecule is CCOC(=O)[C@@H]1[C@@H]2C=C[C@]3(CN(c4ccccc4CC)C(=O)[C@H]13)O2. The molecule has 3 aliphatic rings. The minimum atomic E-state index is -0.694. The van der Waals surface area contributed by atoms with E-state index in [1.165, 1.54) is 0 Å². The molecule has 5 nitrogen and oxygen atoms in total. The van der Waals surface area contributed by atoms with Crippen molar-refractivity contribution in [2.24, 2.45) is 11.8 Å². The molecule has 24 heavy (non-hydrogen) atoms. The molecule has 1 aromatic rings. The molecule has 3 aliphatic heterocycles. The average molecular weight is 327 g/mol. The van der Waals surface area contributed by atoms with E-state index in [1.807, 2.05) is 36.4 Å². The first kappa shape index (κ1) is 15.4. The van der Waals surface area contributed by atoms with Crippen molar-refractivity contribution in [1.29, 1.82) is 0 Å². The van der Waals surface area contributed by atoms with Crippen molar-refractivity contribution in [3.05, 3.63) is 42.0 Å². The smallest absolute Gasteiger partial charge is 0.312 e. The Morgan fingerprint density at radius 2 is 2.17 bits per heavy atom. The monoisotopic (exact) mass is 327 g/mol. The molecule has 1 aromatic carbocycles. The van der Waals surface area contributed by atoms with E-state index in [2.05, 4.69) is 6.92 Å². The Balaban J connectivity index is 1.71. The predicted molar refractivity (Wildman–Crippen MR) is 88.5 cm³/mol. The summed E-state index contributed by atoms with van der Waals surface area (Å²) in [4.78, 5) is 27.3. The number of hydrogen-bond acceptors (Lipinski definition) is 4. The summed E-state index contributed by atoms with van der Waals surface area (Å²) in [5.74, 6) is -1.41. The number of ether oxygens (including phenoxy) is 2. The minimum absolute atomic E-state index is 0.0409. The molecule has 3 heterocycles. The lowest BCUT2D eigenvalue weighted by Gasteiger charge is -2.23. The molecule has 126 valence electrons. The van der Waals surface area contributed by atoms with Gasteiger partial charge in [0.05, 0.1) is 25.2 Å². The maximum absolute atomic E-state index is 13.2. The zero-order valence-corrected chi connectivity index (χ0v) is 13.9. The molecule has 4 atom stereocenters. The van der Waals surface area contributed by atoms with Crippen LogP contribution in [0.25, 0.3) is 0 Å². The fraction of sp³-hybridized carbons (Fsp3) is 0.474. The summed E-state index contributed by atoms with van der Waals surface area (Å²) in [7, 11) is 0. The second kappa shape index (κ2) is 5.45. The van der Waals surface area contributed by atoms with Crippen molar-refractivity contribution in [2.75, 3.05) is 18.1 Å². The van der Waals surface area contributed by atoms with Crippen LogP contribution in [-0.2, 0) is 25.5 Å². The van der Waals surface area contributed by atoms with Gasteiger partial charge < -0.3 is 14.4 Å². The first-order valence-corrected chi connectivity index (χ1v) is 8.54. The van der Waals surface area contributed by atoms with Gasteiger partial charge in [-0.3, -0.25) is 9.59 Å². The Labute approximate surface area is 141 Å². The molecule has 4 rings (SSSR count). The van der Waals surface area contributed by atoms with Crippen LogP contribution in [0.5, 0.6) is 0 Å². The lowest BCUT2D eigenvalue weighted by atomic mass is 9.77. The summed E-state index contributed by atoms with van der Waals surface area (Å²) in [6, 6.07) is 7.91. The Morgan fingerprint density at radius 3 is 2.92 bits per heavy atom. The van der Waals surface area contributed by atoms with Crippen molar-refractivity contribution in [3.8, 4) is 0 Å². The number of fused-ring (bicyclic) bond motifs is 1. The van der Waals surface area contributed by atoms with Crippen LogP contribution in [0.2, 0.25) is 0 Å². The number of carbonyl (C=O) groups excluding carboxylic acids is 2. The topological polar surface area (TPSA) is 55.8 Å². The van der Waals surface area contributed by atoms with Gasteiger partial charge in [0.25, 0.3) is 0 Å². The number of benzene rings is 1. The number of anilines is 1.